The number of anilines is 1. The van der Waals surface area contributed by atoms with Gasteiger partial charge in [0.25, 0.3) is 5.91 Å². The quantitative estimate of drug-likeness (QED) is 0.629. The predicted octanol–water partition coefficient (Wildman–Crippen LogP) is 5.10. The van der Waals surface area contributed by atoms with Crippen LogP contribution in [0, 0.1) is 9.39 Å². The summed E-state index contributed by atoms with van der Waals surface area (Å²) in [7, 11) is 0. The van der Waals surface area contributed by atoms with Crippen LogP contribution in [0.4, 0.5) is 10.1 Å². The molecule has 0 fully saturated rings. The lowest BCUT2D eigenvalue weighted by atomic mass is 10.2. The highest BCUT2D eigenvalue weighted by atomic mass is 127. The van der Waals surface area contributed by atoms with Gasteiger partial charge in [-0.3, -0.25) is 4.79 Å². The highest BCUT2D eigenvalue weighted by Crippen LogP contribution is 2.24. The van der Waals surface area contributed by atoms with Gasteiger partial charge in [-0.05, 0) is 74.9 Å². The van der Waals surface area contributed by atoms with Crippen molar-refractivity contribution in [1.82, 2.24) is 0 Å². The molecule has 0 aliphatic rings. The highest BCUT2D eigenvalue weighted by Gasteiger charge is 2.12. The van der Waals surface area contributed by atoms with Crippen molar-refractivity contribution < 1.29 is 9.18 Å². The SMILES string of the molecule is O=C(Nc1ccc(F)cc1I)c1cc(Cl)ccc1Br. The molecule has 0 radical (unpaired) electrons. The topological polar surface area (TPSA) is 29.1 Å². The molecule has 2 rings (SSSR count). The zero-order valence-electron chi connectivity index (χ0n) is 9.38. The molecule has 0 aromatic heterocycles. The third kappa shape index (κ3) is 3.67. The van der Waals surface area contributed by atoms with Gasteiger partial charge in [0.2, 0.25) is 0 Å². The molecule has 2 aromatic rings. The van der Waals surface area contributed by atoms with Gasteiger partial charge in [-0.2, -0.15) is 0 Å². The number of benzene rings is 2. The summed E-state index contributed by atoms with van der Waals surface area (Å²) in [5.41, 5.74) is 0.978. The lowest BCUT2D eigenvalue weighted by Gasteiger charge is -2.09. The Balaban J connectivity index is 2.28. The molecule has 0 atom stereocenters. The van der Waals surface area contributed by atoms with Gasteiger partial charge in [-0.25, -0.2) is 4.39 Å². The van der Waals surface area contributed by atoms with E-state index in [9.17, 15) is 9.18 Å². The fourth-order valence-corrected chi connectivity index (χ4v) is 2.66. The number of hydrogen-bond acceptors (Lipinski definition) is 1. The second-order valence-corrected chi connectivity index (χ2v) is 6.16. The molecule has 0 spiro atoms. The van der Waals surface area contributed by atoms with Crippen molar-refractivity contribution in [2.24, 2.45) is 0 Å². The van der Waals surface area contributed by atoms with Gasteiger partial charge in [-0.15, -0.1) is 0 Å². The Morgan fingerprint density at radius 1 is 1.26 bits per heavy atom. The molecule has 0 saturated heterocycles. The van der Waals surface area contributed by atoms with Gasteiger partial charge in [0.05, 0.1) is 11.3 Å². The summed E-state index contributed by atoms with van der Waals surface area (Å²) in [6.07, 6.45) is 0. The maximum Gasteiger partial charge on any atom is 0.256 e. The average Bonchev–Trinajstić information content (AvgIpc) is 2.35. The van der Waals surface area contributed by atoms with Crippen LogP contribution in [0.2, 0.25) is 5.02 Å². The largest absolute Gasteiger partial charge is 0.321 e. The molecular formula is C13H7BrClFINO. The molecule has 0 saturated carbocycles. The molecule has 2 nitrogen and oxygen atoms in total. The van der Waals surface area contributed by atoms with Crippen LogP contribution in [-0.4, -0.2) is 5.91 Å². The molecule has 0 unspecified atom stereocenters. The van der Waals surface area contributed by atoms with E-state index >= 15 is 0 Å². The second kappa shape index (κ2) is 6.19. The monoisotopic (exact) mass is 453 g/mol. The average molecular weight is 454 g/mol. The van der Waals surface area contributed by atoms with Crippen LogP contribution in [0.15, 0.2) is 40.9 Å². The van der Waals surface area contributed by atoms with Gasteiger partial charge >= 0.3 is 0 Å². The Bertz CT molecular complexity index is 651. The van der Waals surface area contributed by atoms with Crippen molar-refractivity contribution >= 4 is 61.7 Å². The van der Waals surface area contributed by atoms with E-state index in [-0.39, 0.29) is 11.7 Å². The van der Waals surface area contributed by atoms with Gasteiger partial charge in [0.1, 0.15) is 5.82 Å². The summed E-state index contributed by atoms with van der Waals surface area (Å²) < 4.78 is 14.3. The zero-order chi connectivity index (χ0) is 14.0. The van der Waals surface area contributed by atoms with Crippen LogP contribution < -0.4 is 5.32 Å². The molecule has 0 heterocycles. The lowest BCUT2D eigenvalue weighted by Crippen LogP contribution is -2.13. The Hall–Kier alpha value is -0.660. The number of carbonyl (C=O) groups excluding carboxylic acids is 1. The van der Waals surface area contributed by atoms with Crippen LogP contribution >= 0.6 is 50.1 Å². The summed E-state index contributed by atoms with van der Waals surface area (Å²) in [5, 5.41) is 3.19. The van der Waals surface area contributed by atoms with Crippen molar-refractivity contribution in [3.8, 4) is 0 Å². The standard InChI is InChI=1S/C13H7BrClFINO/c14-10-3-1-7(15)5-9(10)13(19)18-12-4-2-8(16)6-11(12)17/h1-6H,(H,18,19). The molecule has 2 aromatic carbocycles. The first-order valence-electron chi connectivity index (χ1n) is 5.19. The van der Waals surface area contributed by atoms with Gasteiger partial charge < -0.3 is 5.32 Å². The Kier molecular flexibility index (Phi) is 4.81. The van der Waals surface area contributed by atoms with E-state index in [0.717, 1.165) is 0 Å². The zero-order valence-corrected chi connectivity index (χ0v) is 13.9. The van der Waals surface area contributed by atoms with Crippen molar-refractivity contribution in [1.29, 1.82) is 0 Å². The van der Waals surface area contributed by atoms with E-state index in [4.69, 9.17) is 11.6 Å². The maximum atomic E-state index is 13.0. The van der Waals surface area contributed by atoms with Crippen molar-refractivity contribution in [3.05, 3.63) is 60.8 Å². The van der Waals surface area contributed by atoms with Crippen LogP contribution in [-0.2, 0) is 0 Å². The molecule has 6 heteroatoms. The van der Waals surface area contributed by atoms with Crippen molar-refractivity contribution in [3.63, 3.8) is 0 Å². The third-order valence-electron chi connectivity index (χ3n) is 2.35. The van der Waals surface area contributed by atoms with E-state index < -0.39 is 0 Å². The van der Waals surface area contributed by atoms with Gasteiger partial charge in [-0.1, -0.05) is 11.6 Å². The fourth-order valence-electron chi connectivity index (χ4n) is 1.45. The molecule has 0 aliphatic carbocycles. The number of amides is 1. The van der Waals surface area contributed by atoms with E-state index in [2.05, 4.69) is 21.2 Å². The molecule has 1 N–H and O–H groups in total. The number of nitrogens with one attached hydrogen (secondary N) is 1. The lowest BCUT2D eigenvalue weighted by molar-refractivity contribution is 0.102. The summed E-state index contributed by atoms with van der Waals surface area (Å²) in [6.45, 7) is 0. The van der Waals surface area contributed by atoms with E-state index in [1.807, 2.05) is 22.6 Å². The van der Waals surface area contributed by atoms with Gasteiger partial charge in [0, 0.05) is 13.1 Å². The molecule has 0 bridgehead atoms. The van der Waals surface area contributed by atoms with Crippen LogP contribution in [0.5, 0.6) is 0 Å². The smallest absolute Gasteiger partial charge is 0.256 e. The summed E-state index contributed by atoms with van der Waals surface area (Å²) in [6, 6.07) is 9.12. The fraction of sp³-hybridized carbons (Fsp3) is 0. The Labute approximate surface area is 136 Å². The number of carbonyl (C=O) groups is 1. The van der Waals surface area contributed by atoms with Gasteiger partial charge in [0.15, 0.2) is 0 Å². The molecule has 98 valence electrons. The minimum atomic E-state index is -0.341. The normalized spacial score (nSPS) is 10.3. The summed E-state index contributed by atoms with van der Waals surface area (Å²) in [5.74, 6) is -0.648. The predicted molar refractivity (Wildman–Crippen MR) is 86.2 cm³/mol. The van der Waals surface area contributed by atoms with E-state index in [0.29, 0.717) is 24.3 Å². The first kappa shape index (κ1) is 14.7. The first-order valence-corrected chi connectivity index (χ1v) is 7.44. The van der Waals surface area contributed by atoms with Crippen LogP contribution in [0.3, 0.4) is 0 Å². The molecule has 0 aliphatic heterocycles. The third-order valence-corrected chi connectivity index (χ3v) is 4.17. The van der Waals surface area contributed by atoms with Crippen molar-refractivity contribution in [2.45, 2.75) is 0 Å². The van der Waals surface area contributed by atoms with Crippen molar-refractivity contribution in [2.75, 3.05) is 5.32 Å². The number of halogens is 4. The highest BCUT2D eigenvalue weighted by molar-refractivity contribution is 14.1. The van der Waals surface area contributed by atoms with Crippen LogP contribution in [0.1, 0.15) is 10.4 Å². The van der Waals surface area contributed by atoms with E-state index in [1.54, 1.807) is 18.2 Å². The Morgan fingerprint density at radius 3 is 2.68 bits per heavy atom. The first-order chi connectivity index (χ1) is 8.97. The molecule has 19 heavy (non-hydrogen) atoms. The number of rotatable bonds is 2. The molecular weight excluding hydrogens is 447 g/mol. The maximum absolute atomic E-state index is 13.0. The Morgan fingerprint density at radius 2 is 2.00 bits per heavy atom. The minimum absolute atomic E-state index is 0.307. The number of hydrogen-bond donors (Lipinski definition) is 1. The summed E-state index contributed by atoms with van der Waals surface area (Å²) >= 11 is 11.1. The van der Waals surface area contributed by atoms with E-state index in [1.165, 1.54) is 18.2 Å². The minimum Gasteiger partial charge on any atom is -0.321 e. The summed E-state index contributed by atoms with van der Waals surface area (Å²) in [4.78, 5) is 12.1. The second-order valence-electron chi connectivity index (χ2n) is 3.70. The molecule has 1 amide bonds. The van der Waals surface area contributed by atoms with Crippen LogP contribution in [0.25, 0.3) is 0 Å².